The summed E-state index contributed by atoms with van der Waals surface area (Å²) >= 11 is 0. The lowest BCUT2D eigenvalue weighted by Gasteiger charge is -2.35. The molecule has 2 rings (SSSR count). The molecule has 1 fully saturated rings. The molecule has 1 atom stereocenters. The van der Waals surface area contributed by atoms with Crippen LogP contribution >= 0.6 is 0 Å². The predicted octanol–water partition coefficient (Wildman–Crippen LogP) is 1.75. The van der Waals surface area contributed by atoms with Crippen LogP contribution in [-0.2, 0) is 11.2 Å². The second-order valence-corrected chi connectivity index (χ2v) is 5.11. The quantitative estimate of drug-likeness (QED) is 0.912. The summed E-state index contributed by atoms with van der Waals surface area (Å²) in [4.78, 5) is 18.2. The SMILES string of the molecule is CCC1COCCN1C(=O)NCCc1ccncc1C. The lowest BCUT2D eigenvalue weighted by molar-refractivity contribution is 0.0114. The smallest absolute Gasteiger partial charge is 0.317 e. The zero-order valence-electron chi connectivity index (χ0n) is 12.3. The van der Waals surface area contributed by atoms with Gasteiger partial charge in [-0.1, -0.05) is 6.92 Å². The molecular formula is C15H23N3O2. The van der Waals surface area contributed by atoms with E-state index in [4.69, 9.17) is 4.74 Å². The van der Waals surface area contributed by atoms with Crippen molar-refractivity contribution >= 4 is 6.03 Å². The number of pyridine rings is 1. The van der Waals surface area contributed by atoms with E-state index in [-0.39, 0.29) is 12.1 Å². The number of hydrogen-bond donors (Lipinski definition) is 1. The van der Waals surface area contributed by atoms with Crippen LogP contribution in [0.2, 0.25) is 0 Å². The van der Waals surface area contributed by atoms with Gasteiger partial charge in [0.1, 0.15) is 0 Å². The Morgan fingerprint density at radius 2 is 2.45 bits per heavy atom. The Morgan fingerprint density at radius 1 is 1.60 bits per heavy atom. The van der Waals surface area contributed by atoms with Crippen molar-refractivity contribution in [3.05, 3.63) is 29.6 Å². The lowest BCUT2D eigenvalue weighted by Crippen LogP contribution is -2.52. The number of aromatic nitrogens is 1. The number of nitrogens with one attached hydrogen (secondary N) is 1. The molecule has 1 N–H and O–H groups in total. The Balaban J connectivity index is 1.81. The van der Waals surface area contributed by atoms with Crippen molar-refractivity contribution in [2.75, 3.05) is 26.3 Å². The van der Waals surface area contributed by atoms with Crippen molar-refractivity contribution in [3.8, 4) is 0 Å². The minimum atomic E-state index is 0.0202. The van der Waals surface area contributed by atoms with Crippen LogP contribution in [-0.4, -0.2) is 48.3 Å². The first-order valence-corrected chi connectivity index (χ1v) is 7.24. The van der Waals surface area contributed by atoms with Gasteiger partial charge in [-0.25, -0.2) is 4.79 Å². The molecule has 0 aromatic carbocycles. The molecule has 0 bridgehead atoms. The third-order valence-electron chi connectivity index (χ3n) is 3.77. The van der Waals surface area contributed by atoms with Gasteiger partial charge in [-0.15, -0.1) is 0 Å². The molecule has 0 aliphatic carbocycles. The Kier molecular flexibility index (Phi) is 5.35. The summed E-state index contributed by atoms with van der Waals surface area (Å²) in [7, 11) is 0. The van der Waals surface area contributed by atoms with Crippen molar-refractivity contribution in [1.82, 2.24) is 15.2 Å². The number of rotatable bonds is 4. The molecule has 1 saturated heterocycles. The van der Waals surface area contributed by atoms with Crippen LogP contribution in [0.15, 0.2) is 18.5 Å². The number of ether oxygens (including phenoxy) is 1. The highest BCUT2D eigenvalue weighted by Crippen LogP contribution is 2.10. The van der Waals surface area contributed by atoms with Crippen molar-refractivity contribution < 1.29 is 9.53 Å². The number of amides is 2. The molecule has 2 amide bonds. The number of urea groups is 1. The van der Waals surface area contributed by atoms with Crippen LogP contribution in [0.4, 0.5) is 4.79 Å². The first kappa shape index (κ1) is 14.8. The van der Waals surface area contributed by atoms with Gasteiger partial charge in [0, 0.05) is 25.5 Å². The van der Waals surface area contributed by atoms with E-state index < -0.39 is 0 Å². The van der Waals surface area contributed by atoms with E-state index in [1.165, 1.54) is 11.1 Å². The Hall–Kier alpha value is -1.62. The van der Waals surface area contributed by atoms with Crippen molar-refractivity contribution in [1.29, 1.82) is 0 Å². The van der Waals surface area contributed by atoms with Crippen LogP contribution < -0.4 is 5.32 Å². The molecule has 1 aromatic rings. The third kappa shape index (κ3) is 3.70. The average Bonchev–Trinajstić information content (AvgIpc) is 2.49. The van der Waals surface area contributed by atoms with E-state index >= 15 is 0 Å². The molecular weight excluding hydrogens is 254 g/mol. The van der Waals surface area contributed by atoms with Gasteiger partial charge in [0.2, 0.25) is 0 Å². The normalized spacial score (nSPS) is 18.9. The van der Waals surface area contributed by atoms with Crippen LogP contribution in [0.1, 0.15) is 24.5 Å². The second-order valence-electron chi connectivity index (χ2n) is 5.11. The van der Waals surface area contributed by atoms with Gasteiger partial charge in [0.25, 0.3) is 0 Å². The minimum absolute atomic E-state index is 0.0202. The van der Waals surface area contributed by atoms with Gasteiger partial charge in [0.05, 0.1) is 19.3 Å². The summed E-state index contributed by atoms with van der Waals surface area (Å²) in [5.74, 6) is 0. The van der Waals surface area contributed by atoms with Gasteiger partial charge in [-0.3, -0.25) is 4.98 Å². The number of hydrogen-bond acceptors (Lipinski definition) is 3. The van der Waals surface area contributed by atoms with E-state index in [0.29, 0.717) is 26.3 Å². The van der Waals surface area contributed by atoms with Crippen molar-refractivity contribution in [3.63, 3.8) is 0 Å². The van der Waals surface area contributed by atoms with E-state index in [2.05, 4.69) is 17.2 Å². The molecule has 5 nitrogen and oxygen atoms in total. The standard InChI is InChI=1S/C15H23N3O2/c1-3-14-11-20-9-8-18(14)15(19)17-7-5-13-4-6-16-10-12(13)2/h4,6,10,14H,3,5,7-9,11H2,1-2H3,(H,17,19). The van der Waals surface area contributed by atoms with Crippen LogP contribution in [0.25, 0.3) is 0 Å². The molecule has 0 radical (unpaired) electrons. The number of carbonyl (C=O) groups excluding carboxylic acids is 1. The zero-order chi connectivity index (χ0) is 14.4. The van der Waals surface area contributed by atoms with Crippen molar-refractivity contribution in [2.45, 2.75) is 32.7 Å². The van der Waals surface area contributed by atoms with Crippen LogP contribution in [0.5, 0.6) is 0 Å². The first-order valence-electron chi connectivity index (χ1n) is 7.24. The minimum Gasteiger partial charge on any atom is -0.377 e. The molecule has 0 spiro atoms. The molecule has 20 heavy (non-hydrogen) atoms. The number of carbonyl (C=O) groups is 1. The summed E-state index contributed by atoms with van der Waals surface area (Å²) in [5, 5.41) is 3.00. The maximum absolute atomic E-state index is 12.2. The average molecular weight is 277 g/mol. The Morgan fingerprint density at radius 3 is 3.20 bits per heavy atom. The summed E-state index contributed by atoms with van der Waals surface area (Å²) < 4.78 is 5.41. The summed E-state index contributed by atoms with van der Waals surface area (Å²) in [5.41, 5.74) is 2.40. The zero-order valence-corrected chi connectivity index (χ0v) is 12.3. The molecule has 0 saturated carbocycles. The van der Waals surface area contributed by atoms with Gasteiger partial charge in [-0.05, 0) is 37.0 Å². The predicted molar refractivity (Wildman–Crippen MR) is 77.7 cm³/mol. The van der Waals surface area contributed by atoms with Crippen LogP contribution in [0.3, 0.4) is 0 Å². The molecule has 2 heterocycles. The second kappa shape index (κ2) is 7.24. The highest BCUT2D eigenvalue weighted by atomic mass is 16.5. The molecule has 1 unspecified atom stereocenters. The fraction of sp³-hybridized carbons (Fsp3) is 0.600. The summed E-state index contributed by atoms with van der Waals surface area (Å²) in [6, 6.07) is 2.23. The monoisotopic (exact) mass is 277 g/mol. The molecule has 1 aliphatic heterocycles. The van der Waals surface area contributed by atoms with E-state index in [1.807, 2.05) is 24.1 Å². The summed E-state index contributed by atoms with van der Waals surface area (Å²) in [6.07, 6.45) is 5.41. The van der Waals surface area contributed by atoms with E-state index in [1.54, 1.807) is 6.20 Å². The fourth-order valence-electron chi connectivity index (χ4n) is 2.45. The molecule has 1 aliphatic rings. The van der Waals surface area contributed by atoms with Gasteiger partial charge in [0.15, 0.2) is 0 Å². The number of nitrogens with zero attached hydrogens (tertiary/aromatic N) is 2. The number of morpholine rings is 1. The van der Waals surface area contributed by atoms with Gasteiger partial charge < -0.3 is 15.0 Å². The lowest BCUT2D eigenvalue weighted by atomic mass is 10.1. The van der Waals surface area contributed by atoms with Crippen molar-refractivity contribution in [2.24, 2.45) is 0 Å². The molecule has 110 valence electrons. The Labute approximate surface area is 120 Å². The maximum atomic E-state index is 12.2. The highest BCUT2D eigenvalue weighted by Gasteiger charge is 2.25. The van der Waals surface area contributed by atoms with Gasteiger partial charge >= 0.3 is 6.03 Å². The molecule has 5 heteroatoms. The van der Waals surface area contributed by atoms with E-state index in [9.17, 15) is 4.79 Å². The Bertz CT molecular complexity index is 450. The van der Waals surface area contributed by atoms with Crippen LogP contribution in [0, 0.1) is 6.92 Å². The van der Waals surface area contributed by atoms with Gasteiger partial charge in [-0.2, -0.15) is 0 Å². The fourth-order valence-corrected chi connectivity index (χ4v) is 2.45. The summed E-state index contributed by atoms with van der Waals surface area (Å²) in [6.45, 7) is 6.73. The highest BCUT2D eigenvalue weighted by molar-refractivity contribution is 5.74. The third-order valence-corrected chi connectivity index (χ3v) is 3.77. The number of aryl methyl sites for hydroxylation is 1. The molecule has 1 aromatic heterocycles. The first-order chi connectivity index (χ1) is 9.72. The maximum Gasteiger partial charge on any atom is 0.317 e. The topological polar surface area (TPSA) is 54.5 Å². The largest absolute Gasteiger partial charge is 0.377 e. The van der Waals surface area contributed by atoms with E-state index in [0.717, 1.165) is 12.8 Å².